The number of aromatic nitrogens is 1. The SMILES string of the molecule is CCN(Cc1ccco1)C(=O)Cc1csc(N)n1. The lowest BCUT2D eigenvalue weighted by Gasteiger charge is -2.19. The van der Waals surface area contributed by atoms with Gasteiger partial charge in [-0.2, -0.15) is 0 Å². The van der Waals surface area contributed by atoms with Crippen molar-refractivity contribution < 1.29 is 9.21 Å². The van der Waals surface area contributed by atoms with Crippen molar-refractivity contribution in [2.24, 2.45) is 0 Å². The highest BCUT2D eigenvalue weighted by molar-refractivity contribution is 7.13. The van der Waals surface area contributed by atoms with Crippen LogP contribution < -0.4 is 5.73 Å². The van der Waals surface area contributed by atoms with E-state index >= 15 is 0 Å². The summed E-state index contributed by atoms with van der Waals surface area (Å²) in [6.07, 6.45) is 1.89. The molecule has 0 atom stereocenters. The molecule has 0 aliphatic carbocycles. The summed E-state index contributed by atoms with van der Waals surface area (Å²) in [5.74, 6) is 0.808. The van der Waals surface area contributed by atoms with Crippen molar-refractivity contribution in [3.05, 3.63) is 35.2 Å². The average Bonchev–Trinajstić information content (AvgIpc) is 2.97. The number of amides is 1. The molecule has 0 spiro atoms. The fourth-order valence-electron chi connectivity index (χ4n) is 1.64. The van der Waals surface area contributed by atoms with Gasteiger partial charge in [-0.1, -0.05) is 0 Å². The van der Waals surface area contributed by atoms with E-state index in [9.17, 15) is 4.79 Å². The van der Waals surface area contributed by atoms with E-state index in [0.29, 0.717) is 18.2 Å². The number of carbonyl (C=O) groups excluding carboxylic acids is 1. The van der Waals surface area contributed by atoms with Crippen LogP contribution in [-0.4, -0.2) is 22.3 Å². The molecule has 1 amide bonds. The lowest BCUT2D eigenvalue weighted by atomic mass is 10.3. The normalized spacial score (nSPS) is 10.5. The van der Waals surface area contributed by atoms with Crippen molar-refractivity contribution in [1.29, 1.82) is 0 Å². The van der Waals surface area contributed by atoms with Crippen LogP contribution in [0, 0.1) is 0 Å². The summed E-state index contributed by atoms with van der Waals surface area (Å²) in [6, 6.07) is 3.67. The van der Waals surface area contributed by atoms with Crippen LogP contribution in [-0.2, 0) is 17.8 Å². The largest absolute Gasteiger partial charge is 0.467 e. The Balaban J connectivity index is 1.97. The Labute approximate surface area is 109 Å². The number of nitrogens with two attached hydrogens (primary N) is 1. The highest BCUT2D eigenvalue weighted by atomic mass is 32.1. The molecule has 0 radical (unpaired) electrons. The third kappa shape index (κ3) is 3.10. The molecule has 0 unspecified atom stereocenters. The highest BCUT2D eigenvalue weighted by Crippen LogP contribution is 2.13. The summed E-state index contributed by atoms with van der Waals surface area (Å²) in [6.45, 7) is 3.07. The molecule has 0 saturated carbocycles. The Bertz CT molecular complexity index is 507. The van der Waals surface area contributed by atoms with E-state index in [2.05, 4.69) is 4.98 Å². The Morgan fingerprint density at radius 2 is 2.44 bits per heavy atom. The summed E-state index contributed by atoms with van der Waals surface area (Å²) < 4.78 is 5.24. The number of nitrogen functional groups attached to an aromatic ring is 1. The Hall–Kier alpha value is -1.82. The topological polar surface area (TPSA) is 72.4 Å². The van der Waals surface area contributed by atoms with Gasteiger partial charge in [0.15, 0.2) is 5.13 Å². The molecule has 0 saturated heterocycles. The Kier molecular flexibility index (Phi) is 3.99. The van der Waals surface area contributed by atoms with Crippen molar-refractivity contribution in [3.63, 3.8) is 0 Å². The summed E-state index contributed by atoms with van der Waals surface area (Å²) in [4.78, 5) is 17.9. The van der Waals surface area contributed by atoms with E-state index in [1.807, 2.05) is 24.4 Å². The highest BCUT2D eigenvalue weighted by Gasteiger charge is 2.15. The van der Waals surface area contributed by atoms with Crippen LogP contribution in [0.4, 0.5) is 5.13 Å². The van der Waals surface area contributed by atoms with E-state index in [4.69, 9.17) is 10.2 Å². The molecular formula is C12H15N3O2S. The van der Waals surface area contributed by atoms with Gasteiger partial charge < -0.3 is 15.1 Å². The van der Waals surface area contributed by atoms with Crippen LogP contribution in [0.1, 0.15) is 18.4 Å². The predicted molar refractivity (Wildman–Crippen MR) is 70.0 cm³/mol. The summed E-state index contributed by atoms with van der Waals surface area (Å²) in [5.41, 5.74) is 6.26. The van der Waals surface area contributed by atoms with Crippen molar-refractivity contribution in [2.45, 2.75) is 19.9 Å². The van der Waals surface area contributed by atoms with Gasteiger partial charge in [0.25, 0.3) is 0 Å². The first-order valence-electron chi connectivity index (χ1n) is 5.69. The van der Waals surface area contributed by atoms with Gasteiger partial charge in [-0.05, 0) is 19.1 Å². The van der Waals surface area contributed by atoms with E-state index in [1.54, 1.807) is 11.2 Å². The monoisotopic (exact) mass is 265 g/mol. The number of furan rings is 1. The predicted octanol–water partition coefficient (Wildman–Crippen LogP) is 1.91. The van der Waals surface area contributed by atoms with Gasteiger partial charge in [0.05, 0.1) is 24.9 Å². The van der Waals surface area contributed by atoms with Crippen molar-refractivity contribution in [3.8, 4) is 0 Å². The number of nitrogens with zero attached hydrogens (tertiary/aromatic N) is 2. The maximum Gasteiger partial charge on any atom is 0.229 e. The number of thiazole rings is 1. The third-order valence-electron chi connectivity index (χ3n) is 2.56. The van der Waals surface area contributed by atoms with Crippen LogP contribution in [0.2, 0.25) is 0 Å². The van der Waals surface area contributed by atoms with E-state index in [-0.39, 0.29) is 12.3 Å². The van der Waals surface area contributed by atoms with Crippen molar-refractivity contribution >= 4 is 22.4 Å². The molecular weight excluding hydrogens is 250 g/mol. The minimum absolute atomic E-state index is 0.0270. The van der Waals surface area contributed by atoms with Gasteiger partial charge in [-0.25, -0.2) is 4.98 Å². The molecule has 96 valence electrons. The maximum atomic E-state index is 12.1. The second-order valence-corrected chi connectivity index (χ2v) is 4.73. The fourth-order valence-corrected chi connectivity index (χ4v) is 2.20. The standard InChI is InChI=1S/C12H15N3O2S/c1-2-15(7-10-4-3-5-17-10)11(16)6-9-8-18-12(13)14-9/h3-5,8H,2,6-7H2,1H3,(H2,13,14). The minimum atomic E-state index is 0.0270. The third-order valence-corrected chi connectivity index (χ3v) is 3.29. The fraction of sp³-hybridized carbons (Fsp3) is 0.333. The summed E-state index contributed by atoms with van der Waals surface area (Å²) in [5, 5.41) is 2.31. The molecule has 0 aliphatic rings. The second-order valence-electron chi connectivity index (χ2n) is 3.84. The number of carbonyl (C=O) groups is 1. The molecule has 2 aromatic heterocycles. The smallest absolute Gasteiger partial charge is 0.229 e. The molecule has 5 nitrogen and oxygen atoms in total. The number of likely N-dealkylation sites (N-methyl/N-ethyl adjacent to an activating group) is 1. The summed E-state index contributed by atoms with van der Waals surface area (Å²) in [7, 11) is 0. The van der Waals surface area contributed by atoms with Crippen LogP contribution in [0.15, 0.2) is 28.2 Å². The van der Waals surface area contributed by atoms with Crippen molar-refractivity contribution in [1.82, 2.24) is 9.88 Å². The van der Waals surface area contributed by atoms with Gasteiger partial charge >= 0.3 is 0 Å². The van der Waals surface area contributed by atoms with Crippen LogP contribution in [0.25, 0.3) is 0 Å². The zero-order valence-corrected chi connectivity index (χ0v) is 10.9. The van der Waals surface area contributed by atoms with Gasteiger partial charge in [-0.15, -0.1) is 11.3 Å². The lowest BCUT2D eigenvalue weighted by Crippen LogP contribution is -2.31. The van der Waals surface area contributed by atoms with Gasteiger partial charge in [0, 0.05) is 11.9 Å². The van der Waals surface area contributed by atoms with E-state index in [1.165, 1.54) is 11.3 Å². The minimum Gasteiger partial charge on any atom is -0.467 e. The number of hydrogen-bond acceptors (Lipinski definition) is 5. The molecule has 6 heteroatoms. The number of hydrogen-bond donors (Lipinski definition) is 1. The maximum absolute atomic E-state index is 12.1. The number of rotatable bonds is 5. The van der Waals surface area contributed by atoms with Crippen LogP contribution >= 0.6 is 11.3 Å². The lowest BCUT2D eigenvalue weighted by molar-refractivity contribution is -0.131. The van der Waals surface area contributed by atoms with E-state index < -0.39 is 0 Å². The molecule has 0 bridgehead atoms. The van der Waals surface area contributed by atoms with E-state index in [0.717, 1.165) is 11.5 Å². The average molecular weight is 265 g/mol. The Morgan fingerprint density at radius 1 is 1.61 bits per heavy atom. The molecule has 18 heavy (non-hydrogen) atoms. The molecule has 2 N–H and O–H groups in total. The molecule has 0 aliphatic heterocycles. The van der Waals surface area contributed by atoms with Gasteiger partial charge in [-0.3, -0.25) is 4.79 Å². The zero-order valence-electron chi connectivity index (χ0n) is 10.1. The van der Waals surface area contributed by atoms with Crippen LogP contribution in [0.3, 0.4) is 0 Å². The van der Waals surface area contributed by atoms with Gasteiger partial charge in [0.2, 0.25) is 5.91 Å². The molecule has 0 fully saturated rings. The Morgan fingerprint density at radius 3 is 3.00 bits per heavy atom. The molecule has 2 aromatic rings. The second kappa shape index (κ2) is 5.68. The summed E-state index contributed by atoms with van der Waals surface area (Å²) >= 11 is 1.35. The number of anilines is 1. The quantitative estimate of drug-likeness (QED) is 0.896. The first-order chi connectivity index (χ1) is 8.69. The van der Waals surface area contributed by atoms with Crippen LogP contribution in [0.5, 0.6) is 0 Å². The zero-order chi connectivity index (χ0) is 13.0. The molecule has 2 rings (SSSR count). The molecule has 2 heterocycles. The first-order valence-corrected chi connectivity index (χ1v) is 6.57. The van der Waals surface area contributed by atoms with Crippen molar-refractivity contribution in [2.75, 3.05) is 12.3 Å². The van der Waals surface area contributed by atoms with Gasteiger partial charge in [0.1, 0.15) is 5.76 Å². The first kappa shape index (κ1) is 12.6. The molecule has 0 aromatic carbocycles.